The van der Waals surface area contributed by atoms with E-state index in [0.717, 1.165) is 19.3 Å². The van der Waals surface area contributed by atoms with Crippen molar-refractivity contribution < 1.29 is 29.3 Å². The summed E-state index contributed by atoms with van der Waals surface area (Å²) in [5.74, 6) is -1.46. The standard InChI is InChI=1S/C29H41ClN2O6/c1-17-8-7-10-29(4)24(38-29)14-22(21(30)12-18-9-5-6-11-31-18)32-25(34)15-23(33)28(2,3)27(36)20(26(17)35)13-19-16-37-19/h5-6,9,11-12,17,19-20,22-24,26,33,35H,7-8,10,13-16H2,1-4H3,(H,32,34). The number of epoxide rings is 2. The summed E-state index contributed by atoms with van der Waals surface area (Å²) in [5, 5.41) is 25.7. The third kappa shape index (κ3) is 7.02. The second kappa shape index (κ2) is 11.7. The molecule has 4 heterocycles. The molecule has 0 aromatic carbocycles. The first-order valence-electron chi connectivity index (χ1n) is 13.7. The van der Waals surface area contributed by atoms with Crippen LogP contribution in [0.1, 0.15) is 71.9 Å². The van der Waals surface area contributed by atoms with E-state index >= 15 is 0 Å². The molecule has 9 heteroatoms. The van der Waals surface area contributed by atoms with Gasteiger partial charge in [0.2, 0.25) is 5.91 Å². The molecule has 3 fully saturated rings. The van der Waals surface area contributed by atoms with Crippen molar-refractivity contribution in [3.8, 4) is 0 Å². The molecule has 1 aromatic rings. The number of amides is 1. The van der Waals surface area contributed by atoms with Crippen LogP contribution < -0.4 is 5.32 Å². The summed E-state index contributed by atoms with van der Waals surface area (Å²) in [5.41, 5.74) is -0.912. The number of Topliss-reactive ketones (excluding diaryl/α,β-unsaturated/α-hetero) is 1. The average Bonchev–Trinajstić information content (AvgIpc) is 3.79. The monoisotopic (exact) mass is 548 g/mol. The van der Waals surface area contributed by atoms with Crippen LogP contribution in [0.5, 0.6) is 0 Å². The van der Waals surface area contributed by atoms with Crippen molar-refractivity contribution in [2.75, 3.05) is 6.61 Å². The Hall–Kier alpha value is -1.84. The maximum absolute atomic E-state index is 13.7. The lowest BCUT2D eigenvalue weighted by molar-refractivity contribution is -0.144. The average molecular weight is 549 g/mol. The van der Waals surface area contributed by atoms with Gasteiger partial charge in [0, 0.05) is 23.6 Å². The zero-order chi connectivity index (χ0) is 27.7. The van der Waals surface area contributed by atoms with Crippen LogP contribution in [0.15, 0.2) is 29.4 Å². The molecule has 0 saturated carbocycles. The van der Waals surface area contributed by atoms with Gasteiger partial charge in [0.05, 0.1) is 60.2 Å². The highest BCUT2D eigenvalue weighted by Gasteiger charge is 2.53. The fourth-order valence-electron chi connectivity index (χ4n) is 5.52. The second-order valence-corrected chi connectivity index (χ2v) is 12.5. The number of carbonyl (C=O) groups is 2. The summed E-state index contributed by atoms with van der Waals surface area (Å²) in [6.07, 6.45) is 4.13. The Labute approximate surface area is 230 Å². The van der Waals surface area contributed by atoms with Gasteiger partial charge in [0.25, 0.3) is 0 Å². The number of halogens is 1. The lowest BCUT2D eigenvalue weighted by atomic mass is 9.71. The molecule has 3 aliphatic rings. The van der Waals surface area contributed by atoms with Crippen molar-refractivity contribution >= 4 is 29.4 Å². The molecule has 0 aliphatic carbocycles. The summed E-state index contributed by atoms with van der Waals surface area (Å²) in [4.78, 5) is 31.2. The van der Waals surface area contributed by atoms with Crippen molar-refractivity contribution in [3.63, 3.8) is 0 Å². The fourth-order valence-corrected chi connectivity index (χ4v) is 5.78. The van der Waals surface area contributed by atoms with E-state index in [-0.39, 0.29) is 35.9 Å². The molecule has 38 heavy (non-hydrogen) atoms. The third-order valence-electron chi connectivity index (χ3n) is 8.56. The fraction of sp³-hybridized carbons (Fsp3) is 0.690. The quantitative estimate of drug-likeness (QED) is 0.491. The van der Waals surface area contributed by atoms with E-state index < -0.39 is 35.5 Å². The van der Waals surface area contributed by atoms with Gasteiger partial charge in [0.15, 0.2) is 0 Å². The van der Waals surface area contributed by atoms with Gasteiger partial charge in [-0.2, -0.15) is 0 Å². The van der Waals surface area contributed by atoms with E-state index in [0.29, 0.717) is 30.2 Å². The number of ether oxygens (including phenoxy) is 2. The number of aliphatic hydroxyl groups excluding tert-OH is 2. The molecule has 3 saturated heterocycles. The Morgan fingerprint density at radius 1 is 1.26 bits per heavy atom. The number of ketones is 1. The number of fused-ring (bicyclic) bond motifs is 1. The maximum Gasteiger partial charge on any atom is 0.223 e. The number of nitrogens with one attached hydrogen (secondary N) is 1. The number of aliphatic hydroxyl groups is 2. The summed E-state index contributed by atoms with van der Waals surface area (Å²) in [7, 11) is 0. The largest absolute Gasteiger partial charge is 0.392 e. The van der Waals surface area contributed by atoms with Gasteiger partial charge in [-0.1, -0.05) is 44.9 Å². The maximum atomic E-state index is 13.7. The van der Waals surface area contributed by atoms with E-state index in [1.165, 1.54) is 0 Å². The Morgan fingerprint density at radius 3 is 2.66 bits per heavy atom. The molecule has 8 atom stereocenters. The van der Waals surface area contributed by atoms with Gasteiger partial charge in [-0.05, 0) is 50.3 Å². The second-order valence-electron chi connectivity index (χ2n) is 12.0. The lowest BCUT2D eigenvalue weighted by Gasteiger charge is -2.36. The highest BCUT2D eigenvalue weighted by molar-refractivity contribution is 6.32. The molecule has 0 bridgehead atoms. The SMILES string of the molecule is CC1CCCC2(C)OC2CC(C(Cl)=Cc2ccccn2)NC(=O)CC(O)C(C)(C)C(=O)C(CC2CO2)C1O. The van der Waals surface area contributed by atoms with Gasteiger partial charge in [-0.25, -0.2) is 0 Å². The van der Waals surface area contributed by atoms with E-state index in [2.05, 4.69) is 17.2 Å². The van der Waals surface area contributed by atoms with Crippen LogP contribution in [-0.4, -0.2) is 69.6 Å². The van der Waals surface area contributed by atoms with Crippen molar-refractivity contribution in [3.05, 3.63) is 35.1 Å². The van der Waals surface area contributed by atoms with Gasteiger partial charge in [-0.15, -0.1) is 0 Å². The van der Waals surface area contributed by atoms with E-state index in [1.54, 1.807) is 26.1 Å². The summed E-state index contributed by atoms with van der Waals surface area (Å²) in [6, 6.07) is 4.97. The van der Waals surface area contributed by atoms with Crippen LogP contribution >= 0.6 is 11.6 Å². The van der Waals surface area contributed by atoms with Crippen LogP contribution in [0.25, 0.3) is 6.08 Å². The Morgan fingerprint density at radius 2 is 2.00 bits per heavy atom. The van der Waals surface area contributed by atoms with Crippen molar-refractivity contribution in [2.45, 2.75) is 102 Å². The smallest absolute Gasteiger partial charge is 0.223 e. The predicted octanol–water partition coefficient (Wildman–Crippen LogP) is 3.63. The van der Waals surface area contributed by atoms with E-state index in [9.17, 15) is 19.8 Å². The zero-order valence-electron chi connectivity index (χ0n) is 22.7. The van der Waals surface area contributed by atoms with Gasteiger partial charge in [0.1, 0.15) is 5.78 Å². The first kappa shape index (κ1) is 29.2. The molecule has 8 nitrogen and oxygen atoms in total. The number of hydrogen-bond donors (Lipinski definition) is 3. The molecule has 1 amide bonds. The Kier molecular flexibility index (Phi) is 8.99. The van der Waals surface area contributed by atoms with Crippen LogP contribution in [0.2, 0.25) is 0 Å². The molecule has 1 aromatic heterocycles. The molecule has 3 aliphatic heterocycles. The van der Waals surface area contributed by atoms with Crippen LogP contribution in [0, 0.1) is 17.3 Å². The molecule has 3 N–H and O–H groups in total. The number of pyridine rings is 1. The number of nitrogens with zero attached hydrogens (tertiary/aromatic N) is 1. The highest BCUT2D eigenvalue weighted by atomic mass is 35.5. The first-order valence-corrected chi connectivity index (χ1v) is 14.1. The first-order chi connectivity index (χ1) is 17.9. The third-order valence-corrected chi connectivity index (χ3v) is 8.93. The molecule has 0 radical (unpaired) electrons. The molecule has 0 spiro atoms. The van der Waals surface area contributed by atoms with Gasteiger partial charge >= 0.3 is 0 Å². The van der Waals surface area contributed by atoms with Crippen LogP contribution in [0.4, 0.5) is 0 Å². The predicted molar refractivity (Wildman–Crippen MR) is 144 cm³/mol. The van der Waals surface area contributed by atoms with Gasteiger partial charge in [-0.3, -0.25) is 14.6 Å². The molecule has 210 valence electrons. The number of carbonyl (C=O) groups excluding carboxylic acids is 2. The lowest BCUT2D eigenvalue weighted by Crippen LogP contribution is -2.48. The van der Waals surface area contributed by atoms with E-state index in [4.69, 9.17) is 21.1 Å². The van der Waals surface area contributed by atoms with Gasteiger partial charge < -0.3 is 25.0 Å². The van der Waals surface area contributed by atoms with E-state index in [1.807, 2.05) is 25.1 Å². The Balaban J connectivity index is 1.58. The van der Waals surface area contributed by atoms with Crippen molar-refractivity contribution in [2.24, 2.45) is 17.3 Å². The molecular formula is C29H41ClN2O6. The Bertz CT molecular complexity index is 1030. The summed E-state index contributed by atoms with van der Waals surface area (Å²) in [6.45, 7) is 7.87. The minimum absolute atomic E-state index is 0.0547. The normalized spacial score (nSPS) is 38.7. The molecule has 4 rings (SSSR count). The summed E-state index contributed by atoms with van der Waals surface area (Å²) < 4.78 is 11.5. The van der Waals surface area contributed by atoms with Crippen molar-refractivity contribution in [1.82, 2.24) is 10.3 Å². The van der Waals surface area contributed by atoms with Crippen molar-refractivity contribution in [1.29, 1.82) is 0 Å². The highest BCUT2D eigenvalue weighted by Crippen LogP contribution is 2.45. The number of rotatable bonds is 4. The topological polar surface area (TPSA) is 125 Å². The number of hydrogen-bond acceptors (Lipinski definition) is 7. The minimum atomic E-state index is -1.24. The van der Waals surface area contributed by atoms with Crippen LogP contribution in [-0.2, 0) is 19.1 Å². The number of aromatic nitrogens is 1. The van der Waals surface area contributed by atoms with Crippen LogP contribution in [0.3, 0.4) is 0 Å². The summed E-state index contributed by atoms with van der Waals surface area (Å²) >= 11 is 6.71. The molecule has 8 unspecified atom stereocenters. The minimum Gasteiger partial charge on any atom is -0.392 e. The molecular weight excluding hydrogens is 508 g/mol. The zero-order valence-corrected chi connectivity index (χ0v) is 23.5.